The SMILES string of the molecule is CC1=CCC2Sc3ccc(C(=O)NCc4cnc(-c5ccc(C#N)cc5)s4)cc3NC(=O)C2=C1. The number of nitrogens with one attached hydrogen (secondary N) is 2. The molecule has 1 aliphatic heterocycles. The molecular formula is C26H20N4O2S2. The van der Waals surface area contributed by atoms with Crippen molar-refractivity contribution in [2.45, 2.75) is 30.0 Å². The number of hydrogen-bond donors (Lipinski definition) is 2. The third-order valence-electron chi connectivity index (χ3n) is 5.64. The fraction of sp³-hybridized carbons (Fsp3) is 0.154. The number of thiazole rings is 1. The maximum absolute atomic E-state index is 12.8. The number of carbonyl (C=O) groups excluding carboxylic acids is 2. The van der Waals surface area contributed by atoms with Crippen LogP contribution < -0.4 is 10.6 Å². The van der Waals surface area contributed by atoms with Gasteiger partial charge in [-0.15, -0.1) is 23.1 Å². The van der Waals surface area contributed by atoms with Crippen molar-refractivity contribution in [2.75, 3.05) is 5.32 Å². The first-order chi connectivity index (χ1) is 16.5. The van der Waals surface area contributed by atoms with Crippen molar-refractivity contribution in [1.29, 1.82) is 5.26 Å². The van der Waals surface area contributed by atoms with E-state index >= 15 is 0 Å². The van der Waals surface area contributed by atoms with Crippen LogP contribution in [-0.4, -0.2) is 22.0 Å². The molecule has 168 valence electrons. The summed E-state index contributed by atoms with van der Waals surface area (Å²) in [7, 11) is 0. The van der Waals surface area contributed by atoms with Crippen molar-refractivity contribution in [3.05, 3.63) is 88.0 Å². The Morgan fingerprint density at radius 2 is 2.09 bits per heavy atom. The number of amides is 2. The normalized spacial score (nSPS) is 16.7. The summed E-state index contributed by atoms with van der Waals surface area (Å²) in [6, 6.07) is 14.8. The van der Waals surface area contributed by atoms with Gasteiger partial charge in [0.05, 0.1) is 23.9 Å². The van der Waals surface area contributed by atoms with E-state index in [2.05, 4.69) is 27.8 Å². The van der Waals surface area contributed by atoms with Crippen LogP contribution in [0, 0.1) is 11.3 Å². The number of aromatic nitrogens is 1. The van der Waals surface area contributed by atoms with E-state index in [1.807, 2.05) is 31.2 Å². The molecule has 1 atom stereocenters. The molecule has 1 unspecified atom stereocenters. The lowest BCUT2D eigenvalue weighted by molar-refractivity contribution is -0.112. The summed E-state index contributed by atoms with van der Waals surface area (Å²) in [6.07, 6.45) is 6.65. The number of hydrogen-bond acceptors (Lipinski definition) is 6. The molecule has 2 N–H and O–H groups in total. The van der Waals surface area contributed by atoms with Gasteiger partial charge < -0.3 is 10.6 Å². The monoisotopic (exact) mass is 484 g/mol. The Balaban J connectivity index is 1.26. The van der Waals surface area contributed by atoms with Crippen LogP contribution in [0.1, 0.15) is 34.1 Å². The van der Waals surface area contributed by atoms with Gasteiger partial charge in [0.15, 0.2) is 0 Å². The number of anilines is 1. The Morgan fingerprint density at radius 3 is 2.88 bits per heavy atom. The number of rotatable bonds is 4. The summed E-state index contributed by atoms with van der Waals surface area (Å²) in [5, 5.41) is 15.8. The van der Waals surface area contributed by atoms with Gasteiger partial charge in [-0.1, -0.05) is 23.8 Å². The molecule has 0 bridgehead atoms. The van der Waals surface area contributed by atoms with Crippen LogP contribution in [0.3, 0.4) is 0 Å². The zero-order valence-corrected chi connectivity index (χ0v) is 19.9. The molecule has 2 aliphatic rings. The second-order valence-corrected chi connectivity index (χ2v) is 10.4. The molecule has 0 saturated heterocycles. The van der Waals surface area contributed by atoms with Crippen LogP contribution in [0.15, 0.2) is 76.9 Å². The van der Waals surface area contributed by atoms with Gasteiger partial charge in [0.2, 0.25) is 0 Å². The van der Waals surface area contributed by atoms with E-state index in [0.29, 0.717) is 23.4 Å². The summed E-state index contributed by atoms with van der Waals surface area (Å²) < 4.78 is 0. The zero-order chi connectivity index (χ0) is 23.7. The van der Waals surface area contributed by atoms with E-state index in [-0.39, 0.29) is 17.1 Å². The number of fused-ring (bicyclic) bond motifs is 2. The van der Waals surface area contributed by atoms with E-state index in [9.17, 15) is 9.59 Å². The molecule has 6 nitrogen and oxygen atoms in total. The predicted octanol–water partition coefficient (Wildman–Crippen LogP) is 5.30. The van der Waals surface area contributed by atoms with E-state index in [1.54, 1.807) is 42.2 Å². The van der Waals surface area contributed by atoms with Crippen molar-refractivity contribution in [2.24, 2.45) is 0 Å². The number of nitrogens with zero attached hydrogens (tertiary/aromatic N) is 2. The third-order valence-corrected chi connectivity index (χ3v) is 8.03. The minimum atomic E-state index is -0.214. The second kappa shape index (κ2) is 9.29. The van der Waals surface area contributed by atoms with Gasteiger partial charge >= 0.3 is 0 Å². The topological polar surface area (TPSA) is 94.9 Å². The molecule has 3 aromatic rings. The Morgan fingerprint density at radius 1 is 1.26 bits per heavy atom. The van der Waals surface area contributed by atoms with Crippen LogP contribution in [0.2, 0.25) is 0 Å². The third kappa shape index (κ3) is 4.53. The summed E-state index contributed by atoms with van der Waals surface area (Å²) in [4.78, 5) is 31.9. The molecule has 0 radical (unpaired) electrons. The summed E-state index contributed by atoms with van der Waals surface area (Å²) in [5.74, 6) is -0.324. The standard InChI is InChI=1S/C26H20N4O2S2/c1-15-2-8-22-20(10-15)25(32)30-21-11-18(7-9-23(21)34-22)24(31)28-13-19-14-29-26(33-19)17-5-3-16(12-27)4-6-17/h2-7,9-11,14,22H,8,13H2,1H3,(H,28,31)(H,30,32). The molecule has 5 rings (SSSR count). The van der Waals surface area contributed by atoms with E-state index < -0.39 is 0 Å². The summed E-state index contributed by atoms with van der Waals surface area (Å²) >= 11 is 3.14. The predicted molar refractivity (Wildman–Crippen MR) is 135 cm³/mol. The molecule has 1 aliphatic carbocycles. The Kier molecular flexibility index (Phi) is 6.05. The number of carbonyl (C=O) groups is 2. The molecule has 1 aromatic heterocycles. The van der Waals surface area contributed by atoms with Gasteiger partial charge in [0.1, 0.15) is 5.01 Å². The van der Waals surface area contributed by atoms with Crippen LogP contribution in [0.5, 0.6) is 0 Å². The van der Waals surface area contributed by atoms with Crippen molar-refractivity contribution >= 4 is 40.6 Å². The van der Waals surface area contributed by atoms with Crippen LogP contribution in [-0.2, 0) is 11.3 Å². The molecule has 2 heterocycles. The highest BCUT2D eigenvalue weighted by Crippen LogP contribution is 2.41. The highest BCUT2D eigenvalue weighted by Gasteiger charge is 2.29. The zero-order valence-electron chi connectivity index (χ0n) is 18.3. The molecule has 2 amide bonds. The van der Waals surface area contributed by atoms with Crippen LogP contribution in [0.4, 0.5) is 5.69 Å². The minimum Gasteiger partial charge on any atom is -0.347 e. The maximum Gasteiger partial charge on any atom is 0.252 e. The van der Waals surface area contributed by atoms with Gasteiger partial charge in [0.25, 0.3) is 11.8 Å². The van der Waals surface area contributed by atoms with E-state index in [1.165, 1.54) is 11.3 Å². The van der Waals surface area contributed by atoms with Crippen molar-refractivity contribution in [1.82, 2.24) is 10.3 Å². The van der Waals surface area contributed by atoms with Crippen molar-refractivity contribution in [3.63, 3.8) is 0 Å². The average Bonchev–Trinajstić information content (AvgIpc) is 3.28. The summed E-state index contributed by atoms with van der Waals surface area (Å²) in [6.45, 7) is 2.35. The van der Waals surface area contributed by atoms with Crippen LogP contribution in [0.25, 0.3) is 10.6 Å². The summed E-state index contributed by atoms with van der Waals surface area (Å²) in [5.41, 5.74) is 4.56. The molecule has 34 heavy (non-hydrogen) atoms. The van der Waals surface area contributed by atoms with Crippen molar-refractivity contribution < 1.29 is 9.59 Å². The average molecular weight is 485 g/mol. The van der Waals surface area contributed by atoms with Gasteiger partial charge in [-0.3, -0.25) is 9.59 Å². The van der Waals surface area contributed by atoms with Crippen LogP contribution >= 0.6 is 23.1 Å². The number of nitriles is 1. The highest BCUT2D eigenvalue weighted by atomic mass is 32.2. The Bertz CT molecular complexity index is 1400. The first-order valence-corrected chi connectivity index (χ1v) is 12.4. The lowest BCUT2D eigenvalue weighted by atomic mass is 9.99. The Labute approximate surface area is 205 Å². The van der Waals surface area contributed by atoms with E-state index in [0.717, 1.165) is 37.9 Å². The molecule has 0 saturated carbocycles. The molecule has 2 aromatic carbocycles. The molecule has 0 spiro atoms. The van der Waals surface area contributed by atoms with Gasteiger partial charge in [-0.25, -0.2) is 4.98 Å². The fourth-order valence-electron chi connectivity index (χ4n) is 3.84. The maximum atomic E-state index is 12.8. The van der Waals surface area contributed by atoms with Gasteiger partial charge in [-0.05, 0) is 49.8 Å². The first-order valence-electron chi connectivity index (χ1n) is 10.7. The van der Waals surface area contributed by atoms with E-state index in [4.69, 9.17) is 5.26 Å². The largest absolute Gasteiger partial charge is 0.347 e. The molecular weight excluding hydrogens is 464 g/mol. The second-order valence-electron chi connectivity index (χ2n) is 8.06. The lowest BCUT2D eigenvalue weighted by Gasteiger charge is -2.18. The van der Waals surface area contributed by atoms with Gasteiger partial charge in [-0.2, -0.15) is 5.26 Å². The molecule has 8 heteroatoms. The Hall–Kier alpha value is -3.67. The quantitative estimate of drug-likeness (QED) is 0.524. The number of allylic oxidation sites excluding steroid dienone is 3. The molecule has 0 fully saturated rings. The minimum absolute atomic E-state index is 0.0845. The van der Waals surface area contributed by atoms with Gasteiger partial charge in [0, 0.05) is 37.9 Å². The fourth-order valence-corrected chi connectivity index (χ4v) is 5.88. The lowest BCUT2D eigenvalue weighted by Crippen LogP contribution is -2.23. The highest BCUT2D eigenvalue weighted by molar-refractivity contribution is 8.00. The smallest absolute Gasteiger partial charge is 0.252 e. The first kappa shape index (κ1) is 22.1. The van der Waals surface area contributed by atoms with Crippen molar-refractivity contribution in [3.8, 4) is 16.6 Å². The number of benzene rings is 2. The number of thioether (sulfide) groups is 1.